The van der Waals surface area contributed by atoms with Crippen molar-refractivity contribution in [2.75, 3.05) is 0 Å². The molecule has 1 rings (SSSR count). The van der Waals surface area contributed by atoms with E-state index in [-0.39, 0.29) is 74.1 Å². The van der Waals surface area contributed by atoms with E-state index in [0.717, 1.165) is 12.1 Å². The first-order valence-electron chi connectivity index (χ1n) is 3.23. The van der Waals surface area contributed by atoms with Gasteiger partial charge in [0.2, 0.25) is 0 Å². The first-order valence-corrected chi connectivity index (χ1v) is 5.06. The van der Waals surface area contributed by atoms with Crippen molar-refractivity contribution < 1.29 is 77.8 Å². The summed E-state index contributed by atoms with van der Waals surface area (Å²) in [6, 6.07) is 1.94. The molecule has 0 aromatic heterocycles. The van der Waals surface area contributed by atoms with Crippen LogP contribution in [0.3, 0.4) is 0 Å². The van der Waals surface area contributed by atoms with Crippen molar-refractivity contribution in [2.45, 2.75) is 4.90 Å². The number of halogens is 2. The molecule has 0 radical (unpaired) electrons. The molecule has 16 heavy (non-hydrogen) atoms. The Hall–Kier alpha value is 1.38. The molecule has 0 heterocycles. The van der Waals surface area contributed by atoms with Gasteiger partial charge in [-0.15, -0.1) is 0 Å². The normalized spacial score (nSPS) is 10.9. The molecule has 0 fully saturated rings. The van der Waals surface area contributed by atoms with Crippen LogP contribution in [-0.2, 0) is 11.1 Å². The van der Waals surface area contributed by atoms with Crippen LogP contribution in [0.5, 0.6) is 0 Å². The summed E-state index contributed by atoms with van der Waals surface area (Å²) >= 11 is 8.46. The zero-order valence-corrected chi connectivity index (χ0v) is 14.8. The smallest absolute Gasteiger partial charge is 0.768 e. The fourth-order valence-electron chi connectivity index (χ4n) is 0.809. The zero-order chi connectivity index (χ0) is 10.9. The molecule has 1 aromatic rings. The fraction of sp³-hybridized carbons (Fsp3) is 0. The van der Waals surface area contributed by atoms with Gasteiger partial charge in [0, 0.05) is 10.5 Å². The standard InChI is InChI=1S/C7H4Cl2O4S.2Na/c8-5-2-3(14(12)13)1-4(6(5)9)7(10)11;;/h1-2H,(H,10,11)(H,12,13);;/q;2*+1/p-2. The van der Waals surface area contributed by atoms with Crippen LogP contribution in [0, 0.1) is 0 Å². The first kappa shape index (κ1) is 19.7. The summed E-state index contributed by atoms with van der Waals surface area (Å²) < 4.78 is 21.0. The molecule has 1 unspecified atom stereocenters. The fourth-order valence-corrected chi connectivity index (χ4v) is 1.71. The van der Waals surface area contributed by atoms with Crippen LogP contribution in [0.1, 0.15) is 10.4 Å². The van der Waals surface area contributed by atoms with Gasteiger partial charge in [-0.2, -0.15) is 0 Å². The number of hydrogen-bond donors (Lipinski definition) is 0. The van der Waals surface area contributed by atoms with Crippen molar-refractivity contribution in [3.05, 3.63) is 27.7 Å². The minimum absolute atomic E-state index is 0. The third kappa shape index (κ3) is 4.94. The largest absolute Gasteiger partial charge is 1.00 e. The Morgan fingerprint density at radius 3 is 2.12 bits per heavy atom. The molecule has 0 saturated heterocycles. The Morgan fingerprint density at radius 1 is 1.25 bits per heavy atom. The molecule has 4 nitrogen and oxygen atoms in total. The minimum Gasteiger partial charge on any atom is -0.768 e. The summed E-state index contributed by atoms with van der Waals surface area (Å²) in [5.41, 5.74) is -0.446. The Bertz CT molecular complexity index is 427. The Kier molecular flexibility index (Phi) is 10.4. The van der Waals surface area contributed by atoms with Crippen LogP contribution in [0.4, 0.5) is 0 Å². The van der Waals surface area contributed by atoms with Crippen LogP contribution < -0.4 is 64.2 Å². The molecule has 1 aromatic carbocycles. The van der Waals surface area contributed by atoms with E-state index in [1.165, 1.54) is 0 Å². The maximum absolute atomic E-state index is 10.5. The third-order valence-corrected chi connectivity index (χ3v) is 2.84. The molecule has 9 heteroatoms. The SMILES string of the molecule is O=C([O-])c1cc(S(=O)[O-])cc(Cl)c1Cl.[Na+].[Na+]. The Morgan fingerprint density at radius 2 is 1.75 bits per heavy atom. The summed E-state index contributed by atoms with van der Waals surface area (Å²) in [6.45, 7) is 0. The quantitative estimate of drug-likeness (QED) is 0.403. The molecule has 0 aliphatic rings. The number of aromatic carboxylic acids is 1. The van der Waals surface area contributed by atoms with Crippen LogP contribution in [0.2, 0.25) is 10.0 Å². The minimum atomic E-state index is -2.56. The number of carboxylic acids is 1. The van der Waals surface area contributed by atoms with E-state index in [1.54, 1.807) is 0 Å². The summed E-state index contributed by atoms with van der Waals surface area (Å²) in [4.78, 5) is 10.2. The Balaban J connectivity index is 0. The molecular weight excluding hydrogens is 297 g/mol. The third-order valence-electron chi connectivity index (χ3n) is 1.41. The van der Waals surface area contributed by atoms with Gasteiger partial charge in [0.25, 0.3) is 0 Å². The molecule has 76 valence electrons. The second-order valence-electron chi connectivity index (χ2n) is 2.29. The van der Waals surface area contributed by atoms with Gasteiger partial charge in [-0.25, -0.2) is 0 Å². The van der Waals surface area contributed by atoms with Crippen LogP contribution >= 0.6 is 23.2 Å². The molecular formula is C7H2Cl2Na2O4S. The van der Waals surface area contributed by atoms with E-state index < -0.39 is 22.6 Å². The van der Waals surface area contributed by atoms with Crippen molar-refractivity contribution in [3.8, 4) is 0 Å². The van der Waals surface area contributed by atoms with Crippen LogP contribution in [0.15, 0.2) is 17.0 Å². The van der Waals surface area contributed by atoms with E-state index in [1.807, 2.05) is 0 Å². The average Bonchev–Trinajstić information content (AvgIpc) is 2.08. The summed E-state index contributed by atoms with van der Waals surface area (Å²) in [7, 11) is 0. The number of rotatable bonds is 2. The molecule has 1 atom stereocenters. The molecule has 0 aliphatic heterocycles. The number of hydrogen-bond acceptors (Lipinski definition) is 4. The Labute approximate surface area is 149 Å². The summed E-state index contributed by atoms with van der Waals surface area (Å²) in [5.74, 6) is -1.58. The van der Waals surface area contributed by atoms with Gasteiger partial charge in [0.05, 0.1) is 16.0 Å². The number of carbonyl (C=O) groups excluding carboxylic acids is 1. The number of benzene rings is 1. The van der Waals surface area contributed by atoms with E-state index >= 15 is 0 Å². The van der Waals surface area contributed by atoms with Crippen molar-refractivity contribution in [1.29, 1.82) is 0 Å². The predicted octanol–water partition coefficient (Wildman–Crippen LogP) is -5.40. The first-order chi connectivity index (χ1) is 6.43. The maximum Gasteiger partial charge on any atom is 1.00 e. The van der Waals surface area contributed by atoms with Gasteiger partial charge in [-0.1, -0.05) is 23.2 Å². The molecule has 0 aliphatic carbocycles. The van der Waals surface area contributed by atoms with Gasteiger partial charge in [-0.05, 0) is 23.2 Å². The van der Waals surface area contributed by atoms with Crippen molar-refractivity contribution in [2.24, 2.45) is 0 Å². The number of carboxylic acid groups (broad SMARTS) is 1. The van der Waals surface area contributed by atoms with E-state index in [0.29, 0.717) is 0 Å². The summed E-state index contributed by atoms with van der Waals surface area (Å²) in [6.07, 6.45) is 0. The van der Waals surface area contributed by atoms with Crippen LogP contribution in [0.25, 0.3) is 0 Å². The van der Waals surface area contributed by atoms with E-state index in [2.05, 4.69) is 0 Å². The van der Waals surface area contributed by atoms with Crippen molar-refractivity contribution in [1.82, 2.24) is 0 Å². The van der Waals surface area contributed by atoms with Crippen LogP contribution in [-0.4, -0.2) is 14.7 Å². The van der Waals surface area contributed by atoms with Gasteiger partial charge >= 0.3 is 59.1 Å². The molecule has 0 N–H and O–H groups in total. The molecule has 0 bridgehead atoms. The van der Waals surface area contributed by atoms with E-state index in [4.69, 9.17) is 23.2 Å². The number of carbonyl (C=O) groups is 1. The second-order valence-corrected chi connectivity index (χ2v) is 4.01. The topological polar surface area (TPSA) is 80.3 Å². The van der Waals surface area contributed by atoms with Gasteiger partial charge in [0.15, 0.2) is 0 Å². The van der Waals surface area contributed by atoms with Crippen molar-refractivity contribution >= 4 is 40.3 Å². The predicted molar refractivity (Wildman–Crippen MR) is 48.0 cm³/mol. The van der Waals surface area contributed by atoms with Crippen molar-refractivity contribution in [3.63, 3.8) is 0 Å². The molecule has 0 saturated carbocycles. The monoisotopic (exact) mass is 298 g/mol. The average molecular weight is 299 g/mol. The van der Waals surface area contributed by atoms with Gasteiger partial charge < -0.3 is 14.5 Å². The summed E-state index contributed by atoms with van der Waals surface area (Å²) in [5, 5.41) is 10.1. The second kappa shape index (κ2) is 8.48. The molecule has 0 spiro atoms. The van der Waals surface area contributed by atoms with Gasteiger partial charge in [-0.3, -0.25) is 4.21 Å². The molecule has 0 amide bonds. The maximum atomic E-state index is 10.5. The zero-order valence-electron chi connectivity index (χ0n) is 8.45. The van der Waals surface area contributed by atoms with E-state index in [9.17, 15) is 18.7 Å². The van der Waals surface area contributed by atoms with Gasteiger partial charge in [0.1, 0.15) is 0 Å².